The molecule has 0 unspecified atom stereocenters. The van der Waals surface area contributed by atoms with Gasteiger partial charge in [-0.15, -0.1) is 0 Å². The highest BCUT2D eigenvalue weighted by molar-refractivity contribution is 5.84. The van der Waals surface area contributed by atoms with Gasteiger partial charge < -0.3 is 4.57 Å². The Morgan fingerprint density at radius 3 is 3.04 bits per heavy atom. The summed E-state index contributed by atoms with van der Waals surface area (Å²) in [5, 5.41) is 1.02. The van der Waals surface area contributed by atoms with E-state index in [1.165, 1.54) is 11.6 Å². The molecular formula is C19H21FN4. The van der Waals surface area contributed by atoms with Gasteiger partial charge in [0.1, 0.15) is 12.1 Å². The maximum Gasteiger partial charge on any atom is 0.123 e. The number of benzene rings is 1. The first-order chi connectivity index (χ1) is 11.7. The fraction of sp³-hybridized carbons (Fsp3) is 0.368. The Labute approximate surface area is 141 Å². The molecule has 0 aliphatic carbocycles. The number of aromatic nitrogens is 3. The van der Waals surface area contributed by atoms with E-state index in [0.29, 0.717) is 5.92 Å². The lowest BCUT2D eigenvalue weighted by atomic mass is 9.94. The summed E-state index contributed by atoms with van der Waals surface area (Å²) in [5.74, 6) is 0.279. The van der Waals surface area contributed by atoms with Gasteiger partial charge in [0.25, 0.3) is 0 Å². The van der Waals surface area contributed by atoms with E-state index in [2.05, 4.69) is 25.6 Å². The minimum Gasteiger partial charge on any atom is -0.350 e. The molecule has 0 bridgehead atoms. The van der Waals surface area contributed by atoms with Crippen molar-refractivity contribution >= 4 is 10.9 Å². The van der Waals surface area contributed by atoms with Gasteiger partial charge in [-0.2, -0.15) is 0 Å². The van der Waals surface area contributed by atoms with E-state index < -0.39 is 0 Å². The molecule has 1 fully saturated rings. The molecule has 1 aliphatic rings. The minimum absolute atomic E-state index is 0.174. The van der Waals surface area contributed by atoms with Crippen molar-refractivity contribution in [3.8, 4) is 0 Å². The maximum atomic E-state index is 13.7. The lowest BCUT2D eigenvalue weighted by Crippen LogP contribution is -2.34. The zero-order chi connectivity index (χ0) is 16.5. The van der Waals surface area contributed by atoms with Crippen LogP contribution >= 0.6 is 0 Å². The van der Waals surface area contributed by atoms with Gasteiger partial charge in [-0.3, -0.25) is 4.90 Å². The number of likely N-dealkylation sites (tertiary alicyclic amines) is 1. The second-order valence-corrected chi connectivity index (χ2v) is 6.64. The van der Waals surface area contributed by atoms with Crippen LogP contribution in [0.3, 0.4) is 0 Å². The SMILES string of the molecule is Cn1cc(CN2CCC[C@@H](c3ccncn3)C2)c2cc(F)ccc21. The molecule has 24 heavy (non-hydrogen) atoms. The van der Waals surface area contributed by atoms with Crippen LogP contribution in [0.5, 0.6) is 0 Å². The predicted octanol–water partition coefficient (Wildman–Crippen LogP) is 3.49. The summed E-state index contributed by atoms with van der Waals surface area (Å²) >= 11 is 0. The van der Waals surface area contributed by atoms with Gasteiger partial charge in [-0.05, 0) is 49.2 Å². The predicted molar refractivity (Wildman–Crippen MR) is 92.2 cm³/mol. The average Bonchev–Trinajstić information content (AvgIpc) is 2.91. The topological polar surface area (TPSA) is 34.0 Å². The smallest absolute Gasteiger partial charge is 0.123 e. The number of aryl methyl sites for hydroxylation is 1. The molecule has 2 aromatic heterocycles. The summed E-state index contributed by atoms with van der Waals surface area (Å²) in [6, 6.07) is 7.05. The highest BCUT2D eigenvalue weighted by atomic mass is 19.1. The zero-order valence-electron chi connectivity index (χ0n) is 13.8. The molecule has 0 saturated carbocycles. The molecular weight excluding hydrogens is 303 g/mol. The van der Waals surface area contributed by atoms with E-state index in [4.69, 9.17) is 0 Å². The van der Waals surface area contributed by atoms with Crippen molar-refractivity contribution in [2.45, 2.75) is 25.3 Å². The first-order valence-electron chi connectivity index (χ1n) is 8.42. The Bertz CT molecular complexity index is 843. The van der Waals surface area contributed by atoms with Gasteiger partial charge in [0, 0.05) is 55.0 Å². The van der Waals surface area contributed by atoms with Gasteiger partial charge in [0.05, 0.1) is 0 Å². The second-order valence-electron chi connectivity index (χ2n) is 6.64. The van der Waals surface area contributed by atoms with E-state index in [1.54, 1.807) is 12.4 Å². The van der Waals surface area contributed by atoms with Crippen LogP contribution in [0.2, 0.25) is 0 Å². The van der Waals surface area contributed by atoms with Crippen molar-refractivity contribution in [3.63, 3.8) is 0 Å². The molecule has 0 radical (unpaired) electrons. The van der Waals surface area contributed by atoms with Gasteiger partial charge in [-0.25, -0.2) is 14.4 Å². The van der Waals surface area contributed by atoms with Gasteiger partial charge in [0.2, 0.25) is 0 Å². The summed E-state index contributed by atoms with van der Waals surface area (Å²) in [6.07, 6.45) is 7.89. The van der Waals surface area contributed by atoms with Crippen molar-refractivity contribution in [3.05, 3.63) is 60.1 Å². The number of halogens is 1. The van der Waals surface area contributed by atoms with E-state index in [9.17, 15) is 4.39 Å². The van der Waals surface area contributed by atoms with Gasteiger partial charge in [-0.1, -0.05) is 0 Å². The molecule has 124 valence electrons. The van der Waals surface area contributed by atoms with E-state index in [1.807, 2.05) is 25.4 Å². The highest BCUT2D eigenvalue weighted by Gasteiger charge is 2.23. The summed E-state index contributed by atoms with van der Waals surface area (Å²) in [6.45, 7) is 2.92. The molecule has 3 heterocycles. The molecule has 1 aromatic carbocycles. The van der Waals surface area contributed by atoms with Crippen LogP contribution in [-0.2, 0) is 13.6 Å². The van der Waals surface area contributed by atoms with Crippen LogP contribution in [0, 0.1) is 5.82 Å². The highest BCUT2D eigenvalue weighted by Crippen LogP contribution is 2.28. The van der Waals surface area contributed by atoms with Crippen molar-refractivity contribution in [1.82, 2.24) is 19.4 Å². The fourth-order valence-corrected chi connectivity index (χ4v) is 3.80. The lowest BCUT2D eigenvalue weighted by molar-refractivity contribution is 0.199. The summed E-state index contributed by atoms with van der Waals surface area (Å²) < 4.78 is 15.7. The summed E-state index contributed by atoms with van der Waals surface area (Å²) in [4.78, 5) is 10.9. The number of fused-ring (bicyclic) bond motifs is 1. The Hall–Kier alpha value is -2.27. The Balaban J connectivity index is 1.56. The third-order valence-corrected chi connectivity index (χ3v) is 4.96. The van der Waals surface area contributed by atoms with E-state index in [-0.39, 0.29) is 5.82 Å². The zero-order valence-corrected chi connectivity index (χ0v) is 13.8. The molecule has 3 aromatic rings. The monoisotopic (exact) mass is 324 g/mol. The molecule has 4 rings (SSSR count). The number of hydrogen-bond donors (Lipinski definition) is 0. The van der Waals surface area contributed by atoms with Gasteiger partial charge >= 0.3 is 0 Å². The van der Waals surface area contributed by atoms with Crippen molar-refractivity contribution < 1.29 is 4.39 Å². The number of piperidine rings is 1. The van der Waals surface area contributed by atoms with Crippen LogP contribution in [-0.4, -0.2) is 32.5 Å². The molecule has 1 atom stereocenters. The van der Waals surface area contributed by atoms with Crippen molar-refractivity contribution in [2.75, 3.05) is 13.1 Å². The van der Waals surface area contributed by atoms with E-state index in [0.717, 1.165) is 49.1 Å². The standard InChI is InChI=1S/C19H21FN4/c1-23-10-15(17-9-16(20)4-5-19(17)23)12-24-8-2-3-14(11-24)18-6-7-21-13-22-18/h4-7,9-10,13-14H,2-3,8,11-12H2,1H3/t14-/m1/s1. The first-order valence-corrected chi connectivity index (χ1v) is 8.42. The van der Waals surface area contributed by atoms with Gasteiger partial charge in [0.15, 0.2) is 0 Å². The fourth-order valence-electron chi connectivity index (χ4n) is 3.80. The quantitative estimate of drug-likeness (QED) is 0.739. The Morgan fingerprint density at radius 1 is 1.29 bits per heavy atom. The normalized spacial score (nSPS) is 19.0. The number of rotatable bonds is 3. The largest absolute Gasteiger partial charge is 0.350 e. The third kappa shape index (κ3) is 2.91. The molecule has 5 heteroatoms. The van der Waals surface area contributed by atoms with Crippen LogP contribution in [0.4, 0.5) is 4.39 Å². The number of nitrogens with zero attached hydrogens (tertiary/aromatic N) is 4. The van der Waals surface area contributed by atoms with Crippen molar-refractivity contribution in [2.24, 2.45) is 7.05 Å². The molecule has 0 amide bonds. The van der Waals surface area contributed by atoms with E-state index >= 15 is 0 Å². The first kappa shape index (κ1) is 15.3. The molecule has 0 spiro atoms. The molecule has 1 aliphatic heterocycles. The molecule has 4 nitrogen and oxygen atoms in total. The molecule has 0 N–H and O–H groups in total. The second kappa shape index (κ2) is 6.32. The van der Waals surface area contributed by atoms with Crippen molar-refractivity contribution in [1.29, 1.82) is 0 Å². The van der Waals surface area contributed by atoms with Crippen LogP contribution < -0.4 is 0 Å². The Morgan fingerprint density at radius 2 is 2.21 bits per heavy atom. The molecule has 1 saturated heterocycles. The summed E-state index contributed by atoms with van der Waals surface area (Å²) in [5.41, 5.74) is 3.39. The average molecular weight is 324 g/mol. The third-order valence-electron chi connectivity index (χ3n) is 4.96. The maximum absolute atomic E-state index is 13.7. The summed E-state index contributed by atoms with van der Waals surface area (Å²) in [7, 11) is 2.02. The number of hydrogen-bond acceptors (Lipinski definition) is 3. The lowest BCUT2D eigenvalue weighted by Gasteiger charge is -2.32. The van der Waals surface area contributed by atoms with Crippen LogP contribution in [0.1, 0.15) is 30.0 Å². The minimum atomic E-state index is -0.174. The Kier molecular flexibility index (Phi) is 4.02. The van der Waals surface area contributed by atoms with Crippen LogP contribution in [0.15, 0.2) is 43.0 Å². The van der Waals surface area contributed by atoms with Crippen LogP contribution in [0.25, 0.3) is 10.9 Å².